The Balaban J connectivity index is 2.81. The second-order valence-electron chi connectivity index (χ2n) is 3.27. The first-order valence-corrected chi connectivity index (χ1v) is 4.50. The molecule has 0 aromatic heterocycles. The fourth-order valence-corrected chi connectivity index (χ4v) is 1.52. The molecule has 79 valence electrons. The Labute approximate surface area is 90.8 Å². The monoisotopic (exact) mass is 215 g/mol. The number of carboxylic acid groups (broad SMARTS) is 2. The second-order valence-corrected chi connectivity index (χ2v) is 3.27. The topological polar surface area (TPSA) is 74.6 Å². The number of carboxylic acids is 2. The van der Waals surface area contributed by atoms with E-state index < -0.39 is 11.9 Å². The smallest absolute Gasteiger partial charge is 0.336 e. The number of rotatable bonds is 2. The minimum atomic E-state index is -1.25. The molecule has 0 spiro atoms. The van der Waals surface area contributed by atoms with Crippen molar-refractivity contribution < 1.29 is 19.8 Å². The van der Waals surface area contributed by atoms with Crippen molar-refractivity contribution in [3.05, 3.63) is 47.5 Å². The van der Waals surface area contributed by atoms with Gasteiger partial charge in [-0.05, 0) is 29.0 Å². The highest BCUT2D eigenvalue weighted by Crippen LogP contribution is 2.19. The first-order chi connectivity index (χ1) is 7.59. The van der Waals surface area contributed by atoms with Crippen LogP contribution in [-0.2, 0) is 0 Å². The quantitative estimate of drug-likeness (QED) is 0.803. The number of aromatic carboxylic acids is 2. The lowest BCUT2D eigenvalue weighted by molar-refractivity contribution is 0.0652. The Hall–Kier alpha value is -2.36. The van der Waals surface area contributed by atoms with E-state index in [2.05, 4.69) is 6.07 Å². The summed E-state index contributed by atoms with van der Waals surface area (Å²) in [5, 5.41) is 19.0. The highest BCUT2D eigenvalue weighted by molar-refractivity contribution is 6.06. The van der Waals surface area contributed by atoms with Crippen LogP contribution in [0.2, 0.25) is 0 Å². The van der Waals surface area contributed by atoms with E-state index in [1.807, 2.05) is 0 Å². The maximum atomic E-state index is 10.9. The lowest BCUT2D eigenvalue weighted by Gasteiger charge is -2.04. The molecule has 2 aromatic rings. The highest BCUT2D eigenvalue weighted by Gasteiger charge is 2.16. The minimum Gasteiger partial charge on any atom is -0.478 e. The molecular formula is C12H7O4. The third kappa shape index (κ3) is 1.61. The molecule has 2 N–H and O–H groups in total. The summed E-state index contributed by atoms with van der Waals surface area (Å²) >= 11 is 0. The average Bonchev–Trinajstić information content (AvgIpc) is 2.27. The van der Waals surface area contributed by atoms with E-state index in [1.54, 1.807) is 18.2 Å². The average molecular weight is 215 g/mol. The molecular weight excluding hydrogens is 208 g/mol. The Morgan fingerprint density at radius 2 is 1.69 bits per heavy atom. The van der Waals surface area contributed by atoms with E-state index in [1.165, 1.54) is 12.1 Å². The maximum absolute atomic E-state index is 10.9. The van der Waals surface area contributed by atoms with Crippen LogP contribution in [0.4, 0.5) is 0 Å². The molecule has 0 aliphatic heterocycles. The molecule has 0 saturated carbocycles. The summed E-state index contributed by atoms with van der Waals surface area (Å²) < 4.78 is 0. The van der Waals surface area contributed by atoms with Gasteiger partial charge >= 0.3 is 11.9 Å². The van der Waals surface area contributed by atoms with Crippen molar-refractivity contribution in [1.29, 1.82) is 0 Å². The van der Waals surface area contributed by atoms with E-state index in [9.17, 15) is 9.59 Å². The van der Waals surface area contributed by atoms with Gasteiger partial charge in [-0.2, -0.15) is 0 Å². The van der Waals surface area contributed by atoms with Crippen molar-refractivity contribution in [2.24, 2.45) is 0 Å². The van der Waals surface area contributed by atoms with Crippen LogP contribution < -0.4 is 0 Å². The predicted octanol–water partition coefficient (Wildman–Crippen LogP) is 2.04. The molecule has 4 nitrogen and oxygen atoms in total. The van der Waals surface area contributed by atoms with Crippen LogP contribution in [0.15, 0.2) is 30.3 Å². The van der Waals surface area contributed by atoms with Crippen LogP contribution in [0.1, 0.15) is 20.7 Å². The van der Waals surface area contributed by atoms with E-state index in [0.717, 1.165) is 0 Å². The summed E-state index contributed by atoms with van der Waals surface area (Å²) in [6.07, 6.45) is 0. The largest absolute Gasteiger partial charge is 0.478 e. The summed E-state index contributed by atoms with van der Waals surface area (Å²) in [6.45, 7) is 0. The van der Waals surface area contributed by atoms with Gasteiger partial charge in [0.2, 0.25) is 0 Å². The maximum Gasteiger partial charge on any atom is 0.336 e. The number of fused-ring (bicyclic) bond motifs is 1. The Morgan fingerprint density at radius 3 is 2.31 bits per heavy atom. The van der Waals surface area contributed by atoms with Gasteiger partial charge in [0.1, 0.15) is 0 Å². The van der Waals surface area contributed by atoms with Gasteiger partial charge in [0.15, 0.2) is 0 Å². The van der Waals surface area contributed by atoms with E-state index in [4.69, 9.17) is 10.2 Å². The predicted molar refractivity (Wildman–Crippen MR) is 56.7 cm³/mol. The standard InChI is InChI=1S/C12H7O4/c13-11(14)9-5-7-3-1-2-4-8(7)6-10(9)12(15)16/h1-3,5-6H,(H,13,14)(H,15,16). The molecule has 0 aliphatic rings. The van der Waals surface area contributed by atoms with Gasteiger partial charge in [-0.1, -0.05) is 18.2 Å². The van der Waals surface area contributed by atoms with Crippen LogP contribution in [0, 0.1) is 6.07 Å². The van der Waals surface area contributed by atoms with Crippen molar-refractivity contribution in [3.8, 4) is 0 Å². The van der Waals surface area contributed by atoms with Crippen molar-refractivity contribution in [2.75, 3.05) is 0 Å². The second kappa shape index (κ2) is 3.66. The van der Waals surface area contributed by atoms with E-state index >= 15 is 0 Å². The van der Waals surface area contributed by atoms with Gasteiger partial charge in [-0.25, -0.2) is 9.59 Å². The summed E-state index contributed by atoms with van der Waals surface area (Å²) in [7, 11) is 0. The Bertz CT molecular complexity index is 534. The molecule has 0 heterocycles. The molecule has 0 amide bonds. The molecule has 0 aliphatic carbocycles. The molecule has 0 atom stereocenters. The minimum absolute atomic E-state index is 0.209. The lowest BCUT2D eigenvalue weighted by atomic mass is 10.0. The van der Waals surface area contributed by atoms with Gasteiger partial charge < -0.3 is 10.2 Å². The number of carbonyl (C=O) groups is 2. The van der Waals surface area contributed by atoms with Crippen LogP contribution in [0.25, 0.3) is 10.8 Å². The first kappa shape index (κ1) is 10.2. The van der Waals surface area contributed by atoms with Crippen molar-refractivity contribution in [2.45, 2.75) is 0 Å². The number of benzene rings is 2. The summed E-state index contributed by atoms with van der Waals surface area (Å²) in [6, 6.07) is 10.6. The van der Waals surface area contributed by atoms with E-state index in [0.29, 0.717) is 10.8 Å². The van der Waals surface area contributed by atoms with Gasteiger partial charge in [-0.3, -0.25) is 0 Å². The summed E-state index contributed by atoms with van der Waals surface area (Å²) in [5.74, 6) is -2.50. The highest BCUT2D eigenvalue weighted by atomic mass is 16.4. The normalized spacial score (nSPS) is 10.2. The molecule has 4 heteroatoms. The summed E-state index contributed by atoms with van der Waals surface area (Å²) in [4.78, 5) is 21.8. The number of hydrogen-bond donors (Lipinski definition) is 2. The molecule has 0 fully saturated rings. The fraction of sp³-hybridized carbons (Fsp3) is 0. The fourth-order valence-electron chi connectivity index (χ4n) is 1.52. The zero-order valence-corrected chi connectivity index (χ0v) is 8.10. The van der Waals surface area contributed by atoms with Crippen molar-refractivity contribution >= 4 is 22.7 Å². The molecule has 0 saturated heterocycles. The van der Waals surface area contributed by atoms with Gasteiger partial charge in [0, 0.05) is 0 Å². The third-order valence-corrected chi connectivity index (χ3v) is 2.26. The van der Waals surface area contributed by atoms with Crippen LogP contribution in [0.3, 0.4) is 0 Å². The molecule has 0 bridgehead atoms. The van der Waals surface area contributed by atoms with Gasteiger partial charge in [-0.15, -0.1) is 0 Å². The van der Waals surface area contributed by atoms with Crippen molar-refractivity contribution in [1.82, 2.24) is 0 Å². The van der Waals surface area contributed by atoms with Crippen LogP contribution >= 0.6 is 0 Å². The lowest BCUT2D eigenvalue weighted by Crippen LogP contribution is -2.07. The van der Waals surface area contributed by atoms with Gasteiger partial charge in [0.05, 0.1) is 11.1 Å². The van der Waals surface area contributed by atoms with Crippen LogP contribution in [-0.4, -0.2) is 22.2 Å². The molecule has 2 rings (SSSR count). The van der Waals surface area contributed by atoms with Crippen molar-refractivity contribution in [3.63, 3.8) is 0 Å². The Kier molecular flexibility index (Phi) is 2.32. The SMILES string of the molecule is O=C(O)c1cc2[c]cccc2cc1C(=O)O. The molecule has 2 aromatic carbocycles. The Morgan fingerprint density at radius 1 is 1.06 bits per heavy atom. The first-order valence-electron chi connectivity index (χ1n) is 4.50. The molecule has 16 heavy (non-hydrogen) atoms. The molecule has 1 radical (unpaired) electrons. The zero-order chi connectivity index (χ0) is 11.7. The van der Waals surface area contributed by atoms with Gasteiger partial charge in [0.25, 0.3) is 0 Å². The zero-order valence-electron chi connectivity index (χ0n) is 8.10. The summed E-state index contributed by atoms with van der Waals surface area (Å²) in [5.41, 5.74) is -0.429. The van der Waals surface area contributed by atoms with Crippen LogP contribution in [0.5, 0.6) is 0 Å². The number of hydrogen-bond acceptors (Lipinski definition) is 2. The van der Waals surface area contributed by atoms with E-state index in [-0.39, 0.29) is 11.1 Å². The molecule has 0 unspecified atom stereocenters. The third-order valence-electron chi connectivity index (χ3n) is 2.26.